The van der Waals surface area contributed by atoms with Crippen molar-refractivity contribution in [2.24, 2.45) is 0 Å². The van der Waals surface area contributed by atoms with E-state index in [1.54, 1.807) is 56.7 Å². The molecular formula is C27H26N2O5. The van der Waals surface area contributed by atoms with Crippen molar-refractivity contribution in [1.29, 1.82) is 0 Å². The van der Waals surface area contributed by atoms with Crippen molar-refractivity contribution in [1.82, 2.24) is 0 Å². The summed E-state index contributed by atoms with van der Waals surface area (Å²) in [7, 11) is 4.60. The molecule has 7 heteroatoms. The number of para-hydroxylation sites is 2. The van der Waals surface area contributed by atoms with Gasteiger partial charge in [-0.3, -0.25) is 9.59 Å². The summed E-state index contributed by atoms with van der Waals surface area (Å²) in [6.07, 6.45) is 0. The van der Waals surface area contributed by atoms with Gasteiger partial charge in [0.05, 0.1) is 32.6 Å². The van der Waals surface area contributed by atoms with Gasteiger partial charge in [0.1, 0.15) is 22.9 Å². The van der Waals surface area contributed by atoms with Crippen LogP contribution in [0, 0.1) is 13.8 Å². The molecule has 0 saturated carbocycles. The quantitative estimate of drug-likeness (QED) is 0.516. The van der Waals surface area contributed by atoms with Crippen molar-refractivity contribution in [3.05, 3.63) is 83.1 Å². The van der Waals surface area contributed by atoms with Crippen molar-refractivity contribution >= 4 is 28.8 Å². The molecule has 3 aromatic rings. The molecule has 0 aromatic heterocycles. The number of anilines is 2. The Morgan fingerprint density at radius 3 is 2.03 bits per heavy atom. The number of benzene rings is 3. The molecular weight excluding hydrogens is 432 g/mol. The Hall–Kier alpha value is -4.26. The van der Waals surface area contributed by atoms with Crippen molar-refractivity contribution < 1.29 is 23.8 Å². The topological polar surface area (TPSA) is 77.1 Å². The van der Waals surface area contributed by atoms with E-state index in [-0.39, 0.29) is 11.3 Å². The lowest BCUT2D eigenvalue weighted by atomic mass is 9.99. The zero-order valence-electron chi connectivity index (χ0n) is 19.8. The smallest absolute Gasteiger partial charge is 0.282 e. The third-order valence-electron chi connectivity index (χ3n) is 5.83. The second kappa shape index (κ2) is 9.31. The maximum Gasteiger partial charge on any atom is 0.282 e. The van der Waals surface area contributed by atoms with Crippen molar-refractivity contribution in [2.45, 2.75) is 13.8 Å². The Kier molecular flexibility index (Phi) is 6.27. The van der Waals surface area contributed by atoms with Gasteiger partial charge in [-0.1, -0.05) is 30.3 Å². The Balaban J connectivity index is 1.88. The SMILES string of the molecule is COc1cc(NC2=C(c3ccc(C)c(C)c3)C(=O)N(c3ccccc3OC)C2=O)cc(OC)c1. The van der Waals surface area contributed by atoms with Gasteiger partial charge >= 0.3 is 0 Å². The van der Waals surface area contributed by atoms with Gasteiger partial charge in [0.2, 0.25) is 0 Å². The standard InChI is InChI=1S/C27H26N2O5/c1-16-10-11-18(12-17(16)2)24-25(28-19-13-20(32-3)15-21(14-19)33-4)27(31)29(26(24)30)22-8-6-7-9-23(22)34-5/h6-15,28H,1-5H3. The number of imide groups is 1. The van der Waals surface area contributed by atoms with Gasteiger partial charge in [0.15, 0.2) is 0 Å². The average Bonchev–Trinajstić information content (AvgIpc) is 3.09. The lowest BCUT2D eigenvalue weighted by Crippen LogP contribution is -2.32. The molecule has 0 radical (unpaired) electrons. The molecule has 0 spiro atoms. The number of hydrogen-bond donors (Lipinski definition) is 1. The summed E-state index contributed by atoms with van der Waals surface area (Å²) in [6, 6.07) is 17.8. The zero-order chi connectivity index (χ0) is 24.4. The van der Waals surface area contributed by atoms with Gasteiger partial charge < -0.3 is 19.5 Å². The molecule has 0 unspecified atom stereocenters. The number of rotatable bonds is 7. The largest absolute Gasteiger partial charge is 0.497 e. The van der Waals surface area contributed by atoms with Gasteiger partial charge in [-0.2, -0.15) is 0 Å². The Labute approximate surface area is 198 Å². The lowest BCUT2D eigenvalue weighted by Gasteiger charge is -2.18. The molecule has 174 valence electrons. The predicted molar refractivity (Wildman–Crippen MR) is 131 cm³/mol. The van der Waals surface area contributed by atoms with Gasteiger partial charge in [-0.25, -0.2) is 4.90 Å². The number of aryl methyl sites for hydroxylation is 2. The van der Waals surface area contributed by atoms with Crippen LogP contribution in [0.5, 0.6) is 17.2 Å². The third kappa shape index (κ3) is 4.08. The normalized spacial score (nSPS) is 13.4. The minimum Gasteiger partial charge on any atom is -0.497 e. The van der Waals surface area contributed by atoms with Crippen LogP contribution in [-0.4, -0.2) is 33.1 Å². The summed E-state index contributed by atoms with van der Waals surface area (Å²) in [4.78, 5) is 28.6. The monoisotopic (exact) mass is 458 g/mol. The van der Waals surface area contributed by atoms with Gasteiger partial charge in [-0.15, -0.1) is 0 Å². The Morgan fingerprint density at radius 1 is 0.735 bits per heavy atom. The zero-order valence-corrected chi connectivity index (χ0v) is 19.8. The molecule has 0 bridgehead atoms. The van der Waals surface area contributed by atoms with E-state index < -0.39 is 11.8 Å². The fraction of sp³-hybridized carbons (Fsp3) is 0.185. The van der Waals surface area contributed by atoms with Crippen LogP contribution in [-0.2, 0) is 9.59 Å². The van der Waals surface area contributed by atoms with Crippen molar-refractivity contribution in [3.63, 3.8) is 0 Å². The van der Waals surface area contributed by atoms with E-state index in [1.807, 2.05) is 32.0 Å². The molecule has 0 atom stereocenters. The van der Waals surface area contributed by atoms with Crippen LogP contribution < -0.4 is 24.4 Å². The minimum atomic E-state index is -0.482. The first-order valence-electron chi connectivity index (χ1n) is 10.7. The second-order valence-corrected chi connectivity index (χ2v) is 7.89. The molecule has 0 saturated heterocycles. The summed E-state index contributed by atoms with van der Waals surface area (Å²) in [5, 5.41) is 3.16. The fourth-order valence-corrected chi connectivity index (χ4v) is 3.87. The number of ether oxygens (including phenoxy) is 3. The highest BCUT2D eigenvalue weighted by Gasteiger charge is 2.41. The van der Waals surface area contributed by atoms with E-state index >= 15 is 0 Å². The van der Waals surface area contributed by atoms with Gasteiger partial charge in [-0.05, 0) is 42.7 Å². The predicted octanol–water partition coefficient (Wildman–Crippen LogP) is 4.73. The maximum absolute atomic E-state index is 13.7. The molecule has 3 aromatic carbocycles. The van der Waals surface area contributed by atoms with Gasteiger partial charge in [0.25, 0.3) is 11.8 Å². The number of hydrogen-bond acceptors (Lipinski definition) is 6. The molecule has 7 nitrogen and oxygen atoms in total. The van der Waals surface area contributed by atoms with Crippen LogP contribution >= 0.6 is 0 Å². The van der Waals surface area contributed by atoms with E-state index in [4.69, 9.17) is 14.2 Å². The molecule has 2 amide bonds. The molecule has 0 aliphatic carbocycles. The highest BCUT2D eigenvalue weighted by Crippen LogP contribution is 2.38. The first-order valence-corrected chi connectivity index (χ1v) is 10.7. The first kappa shape index (κ1) is 22.9. The highest BCUT2D eigenvalue weighted by atomic mass is 16.5. The number of carbonyl (C=O) groups is 2. The summed E-state index contributed by atoms with van der Waals surface area (Å²) < 4.78 is 16.1. The molecule has 1 aliphatic heterocycles. The first-order chi connectivity index (χ1) is 16.4. The van der Waals surface area contributed by atoms with Crippen LogP contribution in [0.15, 0.2) is 66.4 Å². The summed E-state index contributed by atoms with van der Waals surface area (Å²) in [5.74, 6) is 0.606. The van der Waals surface area contributed by atoms with Crippen LogP contribution in [0.2, 0.25) is 0 Å². The molecule has 34 heavy (non-hydrogen) atoms. The minimum absolute atomic E-state index is 0.162. The average molecular weight is 459 g/mol. The van der Waals surface area contributed by atoms with E-state index in [0.717, 1.165) is 16.0 Å². The second-order valence-electron chi connectivity index (χ2n) is 7.89. The van der Waals surface area contributed by atoms with Crippen LogP contribution in [0.3, 0.4) is 0 Å². The third-order valence-corrected chi connectivity index (χ3v) is 5.83. The van der Waals surface area contributed by atoms with Crippen LogP contribution in [0.1, 0.15) is 16.7 Å². The summed E-state index contributed by atoms with van der Waals surface area (Å²) in [6.45, 7) is 3.97. The van der Waals surface area contributed by atoms with Crippen LogP contribution in [0.4, 0.5) is 11.4 Å². The maximum atomic E-state index is 13.7. The number of amides is 2. The summed E-state index contributed by atoms with van der Waals surface area (Å²) >= 11 is 0. The number of nitrogens with one attached hydrogen (secondary N) is 1. The molecule has 1 N–H and O–H groups in total. The van der Waals surface area contributed by atoms with Gasteiger partial charge in [0, 0.05) is 23.9 Å². The molecule has 4 rings (SSSR count). The molecule has 1 aliphatic rings. The number of carbonyl (C=O) groups excluding carboxylic acids is 2. The van der Waals surface area contributed by atoms with Crippen LogP contribution in [0.25, 0.3) is 5.57 Å². The molecule has 1 heterocycles. The Bertz CT molecular complexity index is 1290. The van der Waals surface area contributed by atoms with E-state index in [1.165, 1.54) is 7.11 Å². The fourth-order valence-electron chi connectivity index (χ4n) is 3.87. The van der Waals surface area contributed by atoms with Crippen molar-refractivity contribution in [2.75, 3.05) is 31.5 Å². The number of nitrogens with zero attached hydrogens (tertiary/aromatic N) is 1. The highest BCUT2D eigenvalue weighted by molar-refractivity contribution is 6.46. The number of methoxy groups -OCH3 is 3. The summed E-state index contributed by atoms with van der Waals surface area (Å²) in [5.41, 5.74) is 4.13. The van der Waals surface area contributed by atoms with E-state index in [2.05, 4.69) is 5.32 Å². The van der Waals surface area contributed by atoms with E-state index in [9.17, 15) is 9.59 Å². The molecule has 0 fully saturated rings. The van der Waals surface area contributed by atoms with Crippen molar-refractivity contribution in [3.8, 4) is 17.2 Å². The van der Waals surface area contributed by atoms with E-state index in [0.29, 0.717) is 34.2 Å². The Morgan fingerprint density at radius 2 is 1.41 bits per heavy atom. The lowest BCUT2D eigenvalue weighted by molar-refractivity contribution is -0.120.